The van der Waals surface area contributed by atoms with E-state index in [0.717, 1.165) is 37.2 Å². The fourth-order valence-corrected chi connectivity index (χ4v) is 5.15. The van der Waals surface area contributed by atoms with Crippen molar-refractivity contribution >= 4 is 62.3 Å². The van der Waals surface area contributed by atoms with Crippen molar-refractivity contribution in [2.75, 3.05) is 7.11 Å². The molecule has 0 N–H and O–H groups in total. The third-order valence-electron chi connectivity index (χ3n) is 4.99. The molecule has 1 heterocycles. The predicted octanol–water partition coefficient (Wildman–Crippen LogP) is 6.48. The van der Waals surface area contributed by atoms with Crippen LogP contribution in [0.5, 0.6) is 11.5 Å². The lowest BCUT2D eigenvalue weighted by Gasteiger charge is -2.16. The molecule has 2 amide bonds. The molecular formula is C25H22INO4S. The van der Waals surface area contributed by atoms with Crippen LogP contribution < -0.4 is 9.47 Å². The minimum Gasteiger partial charge on any atom is -0.493 e. The van der Waals surface area contributed by atoms with E-state index in [-0.39, 0.29) is 23.8 Å². The number of amides is 2. The molecule has 0 aromatic heterocycles. The smallest absolute Gasteiger partial charge is 0.293 e. The van der Waals surface area contributed by atoms with E-state index in [4.69, 9.17) is 9.47 Å². The van der Waals surface area contributed by atoms with Crippen LogP contribution in [0.4, 0.5) is 4.79 Å². The Hall–Kier alpha value is -2.52. The molecule has 0 spiro atoms. The Morgan fingerprint density at radius 1 is 1.09 bits per heavy atom. The average molecular weight is 559 g/mol. The average Bonchev–Trinajstić information content (AvgIpc) is 3.02. The molecule has 0 radical (unpaired) electrons. The zero-order valence-electron chi connectivity index (χ0n) is 17.9. The molecule has 1 aliphatic rings. The topological polar surface area (TPSA) is 55.8 Å². The van der Waals surface area contributed by atoms with Crippen molar-refractivity contribution in [3.05, 3.63) is 74.2 Å². The Morgan fingerprint density at radius 2 is 1.84 bits per heavy atom. The third-order valence-corrected chi connectivity index (χ3v) is 6.69. The highest BCUT2D eigenvalue weighted by atomic mass is 127. The maximum atomic E-state index is 13.1. The zero-order chi connectivity index (χ0) is 22.8. The Kier molecular flexibility index (Phi) is 6.76. The monoisotopic (exact) mass is 559 g/mol. The summed E-state index contributed by atoms with van der Waals surface area (Å²) < 4.78 is 12.2. The van der Waals surface area contributed by atoms with Crippen LogP contribution in [0.15, 0.2) is 59.5 Å². The van der Waals surface area contributed by atoms with Gasteiger partial charge >= 0.3 is 0 Å². The minimum absolute atomic E-state index is 0.00818. The summed E-state index contributed by atoms with van der Waals surface area (Å²) in [4.78, 5) is 27.4. The van der Waals surface area contributed by atoms with Crippen molar-refractivity contribution in [3.63, 3.8) is 0 Å². The molecule has 1 saturated heterocycles. The number of hydrogen-bond donors (Lipinski definition) is 0. The SMILES string of the molecule is COc1cc(/C=C2/SC(=O)N(Cc3cccc4ccccc34)C2=O)cc(I)c1OC(C)C. The van der Waals surface area contributed by atoms with E-state index in [2.05, 4.69) is 22.6 Å². The van der Waals surface area contributed by atoms with Crippen molar-refractivity contribution < 1.29 is 19.1 Å². The Labute approximate surface area is 204 Å². The summed E-state index contributed by atoms with van der Waals surface area (Å²) in [7, 11) is 1.58. The van der Waals surface area contributed by atoms with E-state index in [1.54, 1.807) is 13.2 Å². The maximum Gasteiger partial charge on any atom is 0.293 e. The normalized spacial score (nSPS) is 15.3. The number of hydrogen-bond acceptors (Lipinski definition) is 5. The second-order valence-electron chi connectivity index (χ2n) is 7.61. The van der Waals surface area contributed by atoms with Gasteiger partial charge in [0.2, 0.25) is 0 Å². The van der Waals surface area contributed by atoms with E-state index in [9.17, 15) is 9.59 Å². The lowest BCUT2D eigenvalue weighted by atomic mass is 10.0. The first-order valence-electron chi connectivity index (χ1n) is 10.1. The quantitative estimate of drug-likeness (QED) is 0.256. The fourth-order valence-electron chi connectivity index (χ4n) is 3.56. The molecular weight excluding hydrogens is 537 g/mol. The molecule has 5 nitrogen and oxygen atoms in total. The summed E-state index contributed by atoms with van der Waals surface area (Å²) in [5.41, 5.74) is 1.72. The Bertz CT molecular complexity index is 1230. The molecule has 7 heteroatoms. The van der Waals surface area contributed by atoms with E-state index in [1.807, 2.05) is 68.4 Å². The number of carbonyl (C=O) groups excluding carboxylic acids is 2. The number of benzene rings is 3. The van der Waals surface area contributed by atoms with Gasteiger partial charge in [-0.1, -0.05) is 42.5 Å². The number of halogens is 1. The maximum absolute atomic E-state index is 13.1. The van der Waals surface area contributed by atoms with E-state index < -0.39 is 0 Å². The predicted molar refractivity (Wildman–Crippen MR) is 137 cm³/mol. The molecule has 0 bridgehead atoms. The number of fused-ring (bicyclic) bond motifs is 1. The van der Waals surface area contributed by atoms with Crippen molar-refractivity contribution in [3.8, 4) is 11.5 Å². The number of methoxy groups -OCH3 is 1. The number of nitrogens with zero attached hydrogens (tertiary/aromatic N) is 1. The van der Waals surface area contributed by atoms with E-state index in [0.29, 0.717) is 16.4 Å². The standard InChI is InChI=1S/C25H22INO4S/c1-15(2)31-23-20(26)11-16(12-21(23)30-3)13-22-24(28)27(25(29)32-22)14-18-9-6-8-17-7-4-5-10-19(17)18/h4-13,15H,14H2,1-3H3/b22-13+. The molecule has 1 aliphatic heterocycles. The van der Waals surface area contributed by atoms with Crippen LogP contribution in [0.2, 0.25) is 0 Å². The number of ether oxygens (including phenoxy) is 2. The molecule has 164 valence electrons. The fraction of sp³-hybridized carbons (Fsp3) is 0.200. The first-order chi connectivity index (χ1) is 15.4. The van der Waals surface area contributed by atoms with Gasteiger partial charge in [0.05, 0.1) is 28.2 Å². The molecule has 0 aliphatic carbocycles. The Balaban J connectivity index is 1.62. The third kappa shape index (κ3) is 4.63. The lowest BCUT2D eigenvalue weighted by molar-refractivity contribution is -0.123. The van der Waals surface area contributed by atoms with Crippen LogP contribution in [0.25, 0.3) is 16.8 Å². The van der Waals surface area contributed by atoms with Gasteiger partial charge in [-0.25, -0.2) is 0 Å². The number of imide groups is 1. The highest BCUT2D eigenvalue weighted by molar-refractivity contribution is 14.1. The van der Waals surface area contributed by atoms with Gasteiger partial charge in [-0.2, -0.15) is 0 Å². The lowest BCUT2D eigenvalue weighted by Crippen LogP contribution is -2.27. The van der Waals surface area contributed by atoms with Gasteiger partial charge in [0, 0.05) is 0 Å². The molecule has 1 fully saturated rings. The summed E-state index contributed by atoms with van der Waals surface area (Å²) in [6, 6.07) is 17.6. The number of thioether (sulfide) groups is 1. The van der Waals surface area contributed by atoms with Gasteiger partial charge in [0.15, 0.2) is 11.5 Å². The number of rotatable bonds is 6. The summed E-state index contributed by atoms with van der Waals surface area (Å²) in [5.74, 6) is 0.973. The van der Waals surface area contributed by atoms with E-state index in [1.165, 1.54) is 4.90 Å². The van der Waals surface area contributed by atoms with Gasteiger partial charge in [0.25, 0.3) is 11.1 Å². The van der Waals surface area contributed by atoms with Crippen LogP contribution >= 0.6 is 34.4 Å². The molecule has 0 unspecified atom stereocenters. The van der Waals surface area contributed by atoms with E-state index >= 15 is 0 Å². The van der Waals surface area contributed by atoms with Crippen LogP contribution in [-0.2, 0) is 11.3 Å². The highest BCUT2D eigenvalue weighted by Crippen LogP contribution is 2.38. The zero-order valence-corrected chi connectivity index (χ0v) is 20.9. The molecule has 3 aromatic carbocycles. The first kappa shape index (κ1) is 22.7. The van der Waals surface area contributed by atoms with Gasteiger partial charge in [0.1, 0.15) is 0 Å². The van der Waals surface area contributed by atoms with Gasteiger partial charge in [-0.3, -0.25) is 14.5 Å². The van der Waals surface area contributed by atoms with Gasteiger partial charge < -0.3 is 9.47 Å². The van der Waals surface area contributed by atoms with Crippen molar-refractivity contribution in [1.82, 2.24) is 4.90 Å². The van der Waals surface area contributed by atoms with Crippen molar-refractivity contribution in [2.24, 2.45) is 0 Å². The largest absolute Gasteiger partial charge is 0.493 e. The second kappa shape index (κ2) is 9.54. The minimum atomic E-state index is -0.288. The van der Waals surface area contributed by atoms with Crippen LogP contribution in [0.1, 0.15) is 25.0 Å². The van der Waals surface area contributed by atoms with Crippen LogP contribution in [0, 0.1) is 3.57 Å². The van der Waals surface area contributed by atoms with Gasteiger partial charge in [-0.05, 0) is 88.3 Å². The molecule has 3 aromatic rings. The van der Waals surface area contributed by atoms with Crippen LogP contribution in [-0.4, -0.2) is 29.3 Å². The van der Waals surface area contributed by atoms with Crippen molar-refractivity contribution in [1.29, 1.82) is 0 Å². The summed E-state index contributed by atoms with van der Waals surface area (Å²) in [6.07, 6.45) is 1.74. The Morgan fingerprint density at radius 3 is 2.59 bits per heavy atom. The van der Waals surface area contributed by atoms with Crippen LogP contribution in [0.3, 0.4) is 0 Å². The number of carbonyl (C=O) groups is 2. The van der Waals surface area contributed by atoms with Crippen molar-refractivity contribution in [2.45, 2.75) is 26.5 Å². The highest BCUT2D eigenvalue weighted by Gasteiger charge is 2.35. The summed E-state index contributed by atoms with van der Waals surface area (Å²) in [5, 5.41) is 1.85. The van der Waals surface area contributed by atoms with Gasteiger partial charge in [-0.15, -0.1) is 0 Å². The molecule has 0 atom stereocenters. The second-order valence-corrected chi connectivity index (χ2v) is 9.76. The summed E-state index contributed by atoms with van der Waals surface area (Å²) in [6.45, 7) is 4.15. The molecule has 32 heavy (non-hydrogen) atoms. The summed E-state index contributed by atoms with van der Waals surface area (Å²) >= 11 is 3.15. The molecule has 0 saturated carbocycles. The molecule has 4 rings (SSSR count). The first-order valence-corrected chi connectivity index (χ1v) is 12.0.